The van der Waals surface area contributed by atoms with Gasteiger partial charge in [0, 0.05) is 12.5 Å². The number of nitrogens with one attached hydrogen (secondary N) is 2. The molecule has 24 heavy (non-hydrogen) atoms. The lowest BCUT2D eigenvalue weighted by Gasteiger charge is -2.34. The highest BCUT2D eigenvalue weighted by molar-refractivity contribution is 5.96. The molecule has 10 heteroatoms. The van der Waals surface area contributed by atoms with Gasteiger partial charge in [0.15, 0.2) is 0 Å². The highest BCUT2D eigenvalue weighted by Gasteiger charge is 2.45. The normalized spacial score (nSPS) is 27.0. The fourth-order valence-electron chi connectivity index (χ4n) is 2.99. The van der Waals surface area contributed by atoms with E-state index in [4.69, 9.17) is 0 Å². The molecule has 0 radical (unpaired) electrons. The molecule has 2 N–H and O–H groups in total. The largest absolute Gasteiger partial charge is 0.451 e. The predicted octanol–water partition coefficient (Wildman–Crippen LogP) is 1.80. The molecule has 2 aliphatic rings. The van der Waals surface area contributed by atoms with Gasteiger partial charge in [0.25, 0.3) is 0 Å². The Morgan fingerprint density at radius 1 is 1.33 bits per heavy atom. The lowest BCUT2D eigenvalue weighted by Crippen LogP contribution is -2.50. The summed E-state index contributed by atoms with van der Waals surface area (Å²) in [7, 11) is 0. The van der Waals surface area contributed by atoms with E-state index >= 15 is 0 Å². The SMILES string of the molecule is CC1CC1C(=O)N1CCCCC1C(=O)Nc1n[nH]c(C(F)(F)F)n1. The lowest BCUT2D eigenvalue weighted by molar-refractivity contribution is -0.144. The van der Waals surface area contributed by atoms with Gasteiger partial charge in [0.05, 0.1) is 0 Å². The summed E-state index contributed by atoms with van der Waals surface area (Å²) in [6, 6.07) is -0.688. The number of aromatic amines is 1. The lowest BCUT2D eigenvalue weighted by atomic mass is 10.0. The second-order valence-corrected chi connectivity index (χ2v) is 6.36. The molecule has 0 aromatic carbocycles. The van der Waals surface area contributed by atoms with E-state index in [0.717, 1.165) is 19.3 Å². The number of hydrogen-bond donors (Lipinski definition) is 2. The number of nitrogens with zero attached hydrogens (tertiary/aromatic N) is 3. The topological polar surface area (TPSA) is 91.0 Å². The van der Waals surface area contributed by atoms with Crippen molar-refractivity contribution in [2.45, 2.75) is 44.8 Å². The van der Waals surface area contributed by atoms with Gasteiger partial charge in [0.1, 0.15) is 6.04 Å². The number of likely N-dealkylation sites (tertiary alicyclic amines) is 1. The van der Waals surface area contributed by atoms with Crippen LogP contribution in [0.2, 0.25) is 0 Å². The molecule has 2 heterocycles. The molecule has 132 valence electrons. The third-order valence-corrected chi connectivity index (χ3v) is 4.50. The van der Waals surface area contributed by atoms with Gasteiger partial charge in [-0.2, -0.15) is 18.2 Å². The fourth-order valence-corrected chi connectivity index (χ4v) is 2.99. The molecule has 2 amide bonds. The number of piperidine rings is 1. The molecule has 1 aromatic heterocycles. The molecule has 1 saturated heterocycles. The Morgan fingerprint density at radius 2 is 2.04 bits per heavy atom. The molecular weight excluding hydrogens is 327 g/mol. The summed E-state index contributed by atoms with van der Waals surface area (Å²) < 4.78 is 37.5. The third kappa shape index (κ3) is 3.36. The summed E-state index contributed by atoms with van der Waals surface area (Å²) >= 11 is 0. The van der Waals surface area contributed by atoms with Gasteiger partial charge in [-0.05, 0) is 31.6 Å². The van der Waals surface area contributed by atoms with Crippen LogP contribution in [-0.4, -0.2) is 44.5 Å². The van der Waals surface area contributed by atoms with E-state index in [2.05, 4.69) is 15.4 Å². The minimum Gasteiger partial charge on any atom is -0.330 e. The minimum absolute atomic E-state index is 0.0428. The van der Waals surface area contributed by atoms with Crippen LogP contribution in [0.15, 0.2) is 0 Å². The highest BCUT2D eigenvalue weighted by Crippen LogP contribution is 2.40. The minimum atomic E-state index is -4.66. The second-order valence-electron chi connectivity index (χ2n) is 6.36. The van der Waals surface area contributed by atoms with Gasteiger partial charge in [-0.3, -0.25) is 20.0 Å². The van der Waals surface area contributed by atoms with Crippen molar-refractivity contribution in [3.63, 3.8) is 0 Å². The molecule has 3 rings (SSSR count). The van der Waals surface area contributed by atoms with Crippen molar-refractivity contribution in [1.82, 2.24) is 20.1 Å². The first-order valence-electron chi connectivity index (χ1n) is 7.88. The first kappa shape index (κ1) is 16.7. The van der Waals surface area contributed by atoms with E-state index in [1.54, 1.807) is 10.00 Å². The fraction of sp³-hybridized carbons (Fsp3) is 0.714. The van der Waals surface area contributed by atoms with Gasteiger partial charge in [0.2, 0.25) is 23.6 Å². The summed E-state index contributed by atoms with van der Waals surface area (Å²) in [6.07, 6.45) is -1.76. The Balaban J connectivity index is 1.68. The number of carbonyl (C=O) groups is 2. The van der Waals surface area contributed by atoms with Gasteiger partial charge in [-0.1, -0.05) is 6.92 Å². The predicted molar refractivity (Wildman–Crippen MR) is 76.6 cm³/mol. The summed E-state index contributed by atoms with van der Waals surface area (Å²) in [5.41, 5.74) is 0. The molecule has 2 fully saturated rings. The molecular formula is C14H18F3N5O2. The van der Waals surface area contributed by atoms with Crippen LogP contribution in [-0.2, 0) is 15.8 Å². The van der Waals surface area contributed by atoms with Crippen molar-refractivity contribution < 1.29 is 22.8 Å². The number of aromatic nitrogens is 3. The quantitative estimate of drug-likeness (QED) is 0.874. The number of carbonyl (C=O) groups excluding carboxylic acids is 2. The first-order chi connectivity index (χ1) is 11.3. The number of rotatable bonds is 3. The average molecular weight is 345 g/mol. The highest BCUT2D eigenvalue weighted by atomic mass is 19.4. The van der Waals surface area contributed by atoms with Crippen LogP contribution in [0.4, 0.5) is 19.1 Å². The van der Waals surface area contributed by atoms with Crippen LogP contribution >= 0.6 is 0 Å². The van der Waals surface area contributed by atoms with Gasteiger partial charge < -0.3 is 4.90 Å². The number of hydrogen-bond acceptors (Lipinski definition) is 4. The Kier molecular flexibility index (Phi) is 4.22. The zero-order chi connectivity index (χ0) is 17.5. The number of H-pyrrole nitrogens is 1. The monoisotopic (exact) mass is 345 g/mol. The standard InChI is InChI=1S/C14H18F3N5O2/c1-7-6-8(7)11(24)22-5-3-2-4-9(22)10(23)18-13-19-12(20-21-13)14(15,16)17/h7-9H,2-6H2,1H3,(H2,18,19,20,21,23). The van der Waals surface area contributed by atoms with E-state index in [9.17, 15) is 22.8 Å². The van der Waals surface area contributed by atoms with E-state index in [1.807, 2.05) is 6.92 Å². The first-order valence-corrected chi connectivity index (χ1v) is 7.88. The zero-order valence-electron chi connectivity index (χ0n) is 13.1. The number of halogens is 3. The van der Waals surface area contributed by atoms with Crippen LogP contribution in [0.25, 0.3) is 0 Å². The molecule has 3 atom stereocenters. The third-order valence-electron chi connectivity index (χ3n) is 4.50. The van der Waals surface area contributed by atoms with Crippen LogP contribution in [0, 0.1) is 11.8 Å². The van der Waals surface area contributed by atoms with Gasteiger partial charge >= 0.3 is 6.18 Å². The summed E-state index contributed by atoms with van der Waals surface area (Å²) in [6.45, 7) is 2.47. The van der Waals surface area contributed by atoms with Crippen LogP contribution in [0.5, 0.6) is 0 Å². The summed E-state index contributed by atoms with van der Waals surface area (Å²) in [5.74, 6) is -2.03. The van der Waals surface area contributed by atoms with Crippen LogP contribution in [0.1, 0.15) is 38.4 Å². The maximum Gasteiger partial charge on any atom is 0.451 e. The molecule has 1 aliphatic carbocycles. The molecule has 1 aliphatic heterocycles. The van der Waals surface area contributed by atoms with E-state index < -0.39 is 29.9 Å². The van der Waals surface area contributed by atoms with Crippen LogP contribution in [0.3, 0.4) is 0 Å². The van der Waals surface area contributed by atoms with Crippen molar-refractivity contribution >= 4 is 17.8 Å². The van der Waals surface area contributed by atoms with E-state index in [-0.39, 0.29) is 11.8 Å². The van der Waals surface area contributed by atoms with Gasteiger partial charge in [-0.15, -0.1) is 5.10 Å². The molecule has 1 aromatic rings. The van der Waals surface area contributed by atoms with Gasteiger partial charge in [-0.25, -0.2) is 0 Å². The molecule has 0 spiro atoms. The summed E-state index contributed by atoms with van der Waals surface area (Å²) in [4.78, 5) is 29.6. The number of amides is 2. The second kappa shape index (κ2) is 6.06. The molecule has 7 nitrogen and oxygen atoms in total. The van der Waals surface area contributed by atoms with Crippen molar-refractivity contribution in [1.29, 1.82) is 0 Å². The van der Waals surface area contributed by atoms with Crippen molar-refractivity contribution in [2.24, 2.45) is 11.8 Å². The number of alkyl halides is 3. The average Bonchev–Trinajstić information content (AvgIpc) is 3.06. The Labute approximate surface area is 136 Å². The van der Waals surface area contributed by atoms with Crippen molar-refractivity contribution in [3.05, 3.63) is 5.82 Å². The molecule has 3 unspecified atom stereocenters. The van der Waals surface area contributed by atoms with E-state index in [1.165, 1.54) is 0 Å². The van der Waals surface area contributed by atoms with Crippen LogP contribution < -0.4 is 5.32 Å². The molecule has 1 saturated carbocycles. The summed E-state index contributed by atoms with van der Waals surface area (Å²) in [5, 5.41) is 7.37. The maximum absolute atomic E-state index is 12.5. The number of anilines is 1. The van der Waals surface area contributed by atoms with Crippen molar-refractivity contribution in [3.8, 4) is 0 Å². The Hall–Kier alpha value is -2.13. The Bertz CT molecular complexity index is 645. The smallest absolute Gasteiger partial charge is 0.330 e. The Morgan fingerprint density at radius 3 is 2.62 bits per heavy atom. The maximum atomic E-state index is 12.5. The zero-order valence-corrected chi connectivity index (χ0v) is 13.1. The van der Waals surface area contributed by atoms with E-state index in [0.29, 0.717) is 18.9 Å². The molecule has 0 bridgehead atoms. The van der Waals surface area contributed by atoms with Crippen molar-refractivity contribution in [2.75, 3.05) is 11.9 Å².